The molecule has 5 atom stereocenters. The molecule has 142 valence electrons. The van der Waals surface area contributed by atoms with E-state index < -0.39 is 42.6 Å². The molecule has 10 heteroatoms. The van der Waals surface area contributed by atoms with Crippen molar-refractivity contribution in [3.63, 3.8) is 0 Å². The number of methoxy groups -OCH3 is 1. The lowest BCUT2D eigenvalue weighted by Crippen LogP contribution is -2.60. The number of phenolic OH excluding ortho intramolecular Hbond substituents is 1. The van der Waals surface area contributed by atoms with Crippen molar-refractivity contribution >= 4 is 18.0 Å². The first kappa shape index (κ1) is 19.7. The Labute approximate surface area is 147 Å². The molecule has 1 aliphatic heterocycles. The van der Waals surface area contributed by atoms with Gasteiger partial charge >= 0.3 is 11.9 Å². The predicted octanol–water partition coefficient (Wildman–Crippen LogP) is -1.15. The van der Waals surface area contributed by atoms with Gasteiger partial charge in [0, 0.05) is 6.08 Å². The van der Waals surface area contributed by atoms with E-state index in [-0.39, 0.29) is 11.5 Å². The van der Waals surface area contributed by atoms with E-state index in [2.05, 4.69) is 0 Å². The SMILES string of the molecule is COc1cc(C=CC(=O)OC2O[C@H](C(=O)O)[C@@H](O)[C@H](O)[C@H]2O)ccc1O. The number of carboxylic acids is 1. The van der Waals surface area contributed by atoms with Gasteiger partial charge < -0.3 is 39.7 Å². The summed E-state index contributed by atoms with van der Waals surface area (Å²) in [6.07, 6.45) is -6.93. The highest BCUT2D eigenvalue weighted by Crippen LogP contribution is 2.27. The summed E-state index contributed by atoms with van der Waals surface area (Å²) < 4.78 is 14.5. The summed E-state index contributed by atoms with van der Waals surface area (Å²) >= 11 is 0. The van der Waals surface area contributed by atoms with Crippen LogP contribution in [0, 0.1) is 0 Å². The molecule has 1 unspecified atom stereocenters. The smallest absolute Gasteiger partial charge is 0.335 e. The van der Waals surface area contributed by atoms with Gasteiger partial charge in [-0.15, -0.1) is 0 Å². The van der Waals surface area contributed by atoms with Crippen LogP contribution in [0.2, 0.25) is 0 Å². The highest BCUT2D eigenvalue weighted by Gasteiger charge is 2.48. The number of aliphatic hydroxyl groups is 3. The van der Waals surface area contributed by atoms with Crippen LogP contribution >= 0.6 is 0 Å². The molecule has 1 heterocycles. The Balaban J connectivity index is 2.05. The zero-order chi connectivity index (χ0) is 19.4. The Kier molecular flexibility index (Phi) is 6.16. The molecule has 0 radical (unpaired) electrons. The largest absolute Gasteiger partial charge is 0.504 e. The number of carbonyl (C=O) groups excluding carboxylic acids is 1. The summed E-state index contributed by atoms with van der Waals surface area (Å²) in [5.74, 6) is -2.48. The molecule has 2 rings (SSSR count). The molecule has 1 aromatic carbocycles. The first-order valence-corrected chi connectivity index (χ1v) is 7.42. The number of benzene rings is 1. The highest BCUT2D eigenvalue weighted by atomic mass is 16.7. The third-order valence-electron chi connectivity index (χ3n) is 3.66. The van der Waals surface area contributed by atoms with E-state index >= 15 is 0 Å². The number of ether oxygens (including phenoxy) is 3. The van der Waals surface area contributed by atoms with Crippen molar-refractivity contribution in [3.8, 4) is 11.5 Å². The number of carbonyl (C=O) groups is 2. The molecule has 26 heavy (non-hydrogen) atoms. The van der Waals surface area contributed by atoms with Gasteiger partial charge in [-0.25, -0.2) is 9.59 Å². The van der Waals surface area contributed by atoms with Gasteiger partial charge in [-0.1, -0.05) is 6.07 Å². The third-order valence-corrected chi connectivity index (χ3v) is 3.66. The predicted molar refractivity (Wildman–Crippen MR) is 84.1 cm³/mol. The quantitative estimate of drug-likeness (QED) is 0.316. The van der Waals surface area contributed by atoms with Crippen LogP contribution in [0.15, 0.2) is 24.3 Å². The van der Waals surface area contributed by atoms with Crippen LogP contribution in [0.4, 0.5) is 0 Å². The van der Waals surface area contributed by atoms with Gasteiger partial charge in [0.15, 0.2) is 17.6 Å². The van der Waals surface area contributed by atoms with Crippen LogP contribution in [0.5, 0.6) is 11.5 Å². The Hall–Kier alpha value is -2.66. The van der Waals surface area contributed by atoms with Gasteiger partial charge in [-0.05, 0) is 23.8 Å². The van der Waals surface area contributed by atoms with Crippen LogP contribution in [0.3, 0.4) is 0 Å². The summed E-state index contributed by atoms with van der Waals surface area (Å²) in [6, 6.07) is 4.30. The van der Waals surface area contributed by atoms with Crippen molar-refractivity contribution in [1.29, 1.82) is 0 Å². The molecule has 1 aromatic rings. The van der Waals surface area contributed by atoms with Gasteiger partial charge in [0.25, 0.3) is 0 Å². The molecule has 0 saturated carbocycles. The lowest BCUT2D eigenvalue weighted by Gasteiger charge is -2.37. The Morgan fingerprint density at radius 3 is 2.46 bits per heavy atom. The number of aliphatic hydroxyl groups excluding tert-OH is 3. The molecule has 1 aliphatic rings. The Morgan fingerprint density at radius 2 is 1.85 bits per heavy atom. The van der Waals surface area contributed by atoms with Crippen molar-refractivity contribution < 1.29 is 49.3 Å². The van der Waals surface area contributed by atoms with E-state index in [1.165, 1.54) is 31.4 Å². The Bertz CT molecular complexity index is 700. The van der Waals surface area contributed by atoms with Gasteiger partial charge in [0.1, 0.15) is 18.3 Å². The number of hydrogen-bond acceptors (Lipinski definition) is 9. The Morgan fingerprint density at radius 1 is 1.15 bits per heavy atom. The maximum absolute atomic E-state index is 11.8. The van der Waals surface area contributed by atoms with E-state index in [9.17, 15) is 30.0 Å². The van der Waals surface area contributed by atoms with E-state index in [4.69, 9.17) is 19.3 Å². The molecule has 1 saturated heterocycles. The molecule has 0 spiro atoms. The van der Waals surface area contributed by atoms with Crippen molar-refractivity contribution in [3.05, 3.63) is 29.8 Å². The number of rotatable bonds is 5. The standard InChI is InChI=1S/C16H18O10/c1-24-9-6-7(2-4-8(9)17)3-5-10(18)25-16-13(21)11(19)12(20)14(26-16)15(22)23/h2-6,11-14,16-17,19-21H,1H3,(H,22,23)/t11-,12-,13+,14-,16?/m0/s1. The van der Waals surface area contributed by atoms with Crippen molar-refractivity contribution in [2.24, 2.45) is 0 Å². The maximum atomic E-state index is 11.8. The third kappa shape index (κ3) is 4.29. The van der Waals surface area contributed by atoms with Gasteiger partial charge in [-0.2, -0.15) is 0 Å². The number of aromatic hydroxyl groups is 1. The summed E-state index contributed by atoms with van der Waals surface area (Å²) in [5.41, 5.74) is 0.487. The van der Waals surface area contributed by atoms with Gasteiger partial charge in [0.05, 0.1) is 7.11 Å². The molecular formula is C16H18O10. The van der Waals surface area contributed by atoms with Crippen LogP contribution in [0.25, 0.3) is 6.08 Å². The van der Waals surface area contributed by atoms with Crippen molar-refractivity contribution in [1.82, 2.24) is 0 Å². The van der Waals surface area contributed by atoms with Crippen LogP contribution in [0.1, 0.15) is 5.56 Å². The average molecular weight is 370 g/mol. The normalized spacial score (nSPS) is 28.7. The van der Waals surface area contributed by atoms with Gasteiger partial charge in [-0.3, -0.25) is 0 Å². The summed E-state index contributed by atoms with van der Waals surface area (Å²) in [7, 11) is 1.36. The van der Waals surface area contributed by atoms with Gasteiger partial charge in [0.2, 0.25) is 6.29 Å². The zero-order valence-electron chi connectivity index (χ0n) is 13.6. The second kappa shape index (κ2) is 8.15. The van der Waals surface area contributed by atoms with Crippen molar-refractivity contribution in [2.45, 2.75) is 30.7 Å². The minimum absolute atomic E-state index is 0.0850. The molecule has 0 amide bonds. The summed E-state index contributed by atoms with van der Waals surface area (Å²) in [4.78, 5) is 22.8. The molecule has 5 N–H and O–H groups in total. The van der Waals surface area contributed by atoms with Crippen LogP contribution < -0.4 is 4.74 Å². The second-order valence-electron chi connectivity index (χ2n) is 5.44. The number of carboxylic acid groups (broad SMARTS) is 1. The first-order chi connectivity index (χ1) is 12.2. The summed E-state index contributed by atoms with van der Waals surface area (Å²) in [6.45, 7) is 0. The molecular weight excluding hydrogens is 352 g/mol. The maximum Gasteiger partial charge on any atom is 0.335 e. The number of esters is 1. The zero-order valence-corrected chi connectivity index (χ0v) is 13.6. The van der Waals surface area contributed by atoms with E-state index in [1.54, 1.807) is 0 Å². The molecule has 0 aromatic heterocycles. The minimum Gasteiger partial charge on any atom is -0.504 e. The highest BCUT2D eigenvalue weighted by molar-refractivity contribution is 5.87. The molecule has 1 fully saturated rings. The number of aliphatic carboxylic acids is 1. The first-order valence-electron chi connectivity index (χ1n) is 7.42. The number of hydrogen-bond donors (Lipinski definition) is 5. The lowest BCUT2D eigenvalue weighted by molar-refractivity contribution is -0.284. The molecule has 0 bridgehead atoms. The molecule has 0 aliphatic carbocycles. The van der Waals surface area contributed by atoms with E-state index in [0.717, 1.165) is 6.08 Å². The summed E-state index contributed by atoms with van der Waals surface area (Å²) in [5, 5.41) is 47.4. The fourth-order valence-corrected chi connectivity index (χ4v) is 2.27. The second-order valence-corrected chi connectivity index (χ2v) is 5.44. The monoisotopic (exact) mass is 370 g/mol. The fraction of sp³-hybridized carbons (Fsp3) is 0.375. The molecule has 10 nitrogen and oxygen atoms in total. The minimum atomic E-state index is -1.88. The van der Waals surface area contributed by atoms with Crippen molar-refractivity contribution in [2.75, 3.05) is 7.11 Å². The van der Waals surface area contributed by atoms with E-state index in [0.29, 0.717) is 5.56 Å². The van der Waals surface area contributed by atoms with E-state index in [1.807, 2.05) is 0 Å². The average Bonchev–Trinajstić information content (AvgIpc) is 2.61. The van der Waals surface area contributed by atoms with Crippen LogP contribution in [-0.2, 0) is 19.1 Å². The number of phenols is 1. The lowest BCUT2D eigenvalue weighted by atomic mass is 9.99. The van der Waals surface area contributed by atoms with Crippen LogP contribution in [-0.4, -0.2) is 75.3 Å². The topological polar surface area (TPSA) is 163 Å². The fourth-order valence-electron chi connectivity index (χ4n) is 2.27.